The molecule has 1 aromatic rings. The predicted molar refractivity (Wildman–Crippen MR) is 100 cm³/mol. The van der Waals surface area contributed by atoms with E-state index in [9.17, 15) is 15.3 Å². The van der Waals surface area contributed by atoms with E-state index in [0.717, 1.165) is 36.0 Å². The average molecular weight is 370 g/mol. The summed E-state index contributed by atoms with van der Waals surface area (Å²) in [6, 6.07) is 3.31. The Hall–Kier alpha value is -1.22. The van der Waals surface area contributed by atoms with Gasteiger partial charge in [0.15, 0.2) is 0 Å². The van der Waals surface area contributed by atoms with E-state index in [4.69, 9.17) is 10.2 Å². The highest BCUT2D eigenvalue weighted by Crippen LogP contribution is 2.24. The van der Waals surface area contributed by atoms with E-state index in [-0.39, 0.29) is 19.0 Å². The molecule has 0 radical (unpaired) electrons. The molecule has 0 amide bonds. The van der Waals surface area contributed by atoms with Crippen LogP contribution in [0.5, 0.6) is 5.75 Å². The normalized spacial score (nSPS) is 13.7. The Morgan fingerprint density at radius 1 is 0.846 bits per heavy atom. The van der Waals surface area contributed by atoms with Crippen molar-refractivity contribution in [2.45, 2.75) is 71.0 Å². The lowest BCUT2D eigenvalue weighted by Gasteiger charge is -2.19. The maximum atomic E-state index is 10.0. The number of phenolic OH excluding ortho intramolecular Hbond substituents is 1. The molecule has 0 bridgehead atoms. The second-order valence-corrected chi connectivity index (χ2v) is 6.57. The lowest BCUT2D eigenvalue weighted by Crippen LogP contribution is -2.33. The van der Waals surface area contributed by atoms with E-state index < -0.39 is 12.5 Å². The van der Waals surface area contributed by atoms with Gasteiger partial charge in [0, 0.05) is 13.1 Å². The second kappa shape index (κ2) is 13.0. The van der Waals surface area contributed by atoms with Gasteiger partial charge in [-0.15, -0.1) is 0 Å². The summed E-state index contributed by atoms with van der Waals surface area (Å²) in [7, 11) is 0. The first-order chi connectivity index (χ1) is 12.5. The summed E-state index contributed by atoms with van der Waals surface area (Å²) < 4.78 is 0. The van der Waals surface area contributed by atoms with Crippen LogP contribution >= 0.6 is 0 Å². The minimum absolute atomic E-state index is 0.102. The van der Waals surface area contributed by atoms with Crippen molar-refractivity contribution < 1.29 is 25.5 Å². The van der Waals surface area contributed by atoms with Crippen LogP contribution in [-0.4, -0.2) is 51.2 Å². The number of aromatic hydroxyl groups is 1. The molecule has 0 fully saturated rings. The SMILES string of the molecule is CCCCCCCc1c(CNC(O)CO)cc(O)cc1CNC(O)CO. The Morgan fingerprint density at radius 3 is 1.81 bits per heavy atom. The van der Waals surface area contributed by atoms with Crippen LogP contribution in [0, 0.1) is 0 Å². The fraction of sp³-hybridized carbons (Fsp3) is 0.684. The molecule has 26 heavy (non-hydrogen) atoms. The highest BCUT2D eigenvalue weighted by molar-refractivity contribution is 5.42. The molecule has 0 saturated heterocycles. The molecular formula is C19H34N2O5. The van der Waals surface area contributed by atoms with E-state index in [1.54, 1.807) is 12.1 Å². The van der Waals surface area contributed by atoms with Crippen LogP contribution in [0.4, 0.5) is 0 Å². The Balaban J connectivity index is 2.90. The molecular weight excluding hydrogens is 336 g/mol. The second-order valence-electron chi connectivity index (χ2n) is 6.57. The number of aliphatic hydroxyl groups is 4. The van der Waals surface area contributed by atoms with Gasteiger partial charge < -0.3 is 25.5 Å². The first kappa shape index (κ1) is 22.8. The summed E-state index contributed by atoms with van der Waals surface area (Å²) in [6.07, 6.45) is 4.49. The van der Waals surface area contributed by atoms with Crippen molar-refractivity contribution in [1.82, 2.24) is 10.6 Å². The zero-order valence-electron chi connectivity index (χ0n) is 15.6. The van der Waals surface area contributed by atoms with Gasteiger partial charge in [-0.05, 0) is 41.7 Å². The molecule has 2 unspecified atom stereocenters. The van der Waals surface area contributed by atoms with E-state index in [1.165, 1.54) is 19.3 Å². The fourth-order valence-corrected chi connectivity index (χ4v) is 2.91. The van der Waals surface area contributed by atoms with Gasteiger partial charge in [0.1, 0.15) is 18.2 Å². The number of benzene rings is 1. The van der Waals surface area contributed by atoms with Gasteiger partial charge >= 0.3 is 0 Å². The first-order valence-corrected chi connectivity index (χ1v) is 9.40. The lowest BCUT2D eigenvalue weighted by atomic mass is 9.94. The summed E-state index contributed by atoms with van der Waals surface area (Å²) in [4.78, 5) is 0. The zero-order chi connectivity index (χ0) is 19.4. The molecule has 0 heterocycles. The molecule has 1 rings (SSSR count). The number of rotatable bonds is 14. The maximum Gasteiger partial charge on any atom is 0.128 e. The largest absolute Gasteiger partial charge is 0.508 e. The van der Waals surface area contributed by atoms with Crippen LogP contribution in [0.3, 0.4) is 0 Å². The number of aliphatic hydroxyl groups excluding tert-OH is 4. The number of unbranched alkanes of at least 4 members (excludes halogenated alkanes) is 4. The molecule has 0 aliphatic heterocycles. The number of hydrogen-bond acceptors (Lipinski definition) is 7. The third-order valence-electron chi connectivity index (χ3n) is 4.35. The summed E-state index contributed by atoms with van der Waals surface area (Å²) >= 11 is 0. The lowest BCUT2D eigenvalue weighted by molar-refractivity contribution is 0.0660. The molecule has 1 aromatic carbocycles. The van der Waals surface area contributed by atoms with Crippen molar-refractivity contribution in [1.29, 1.82) is 0 Å². The van der Waals surface area contributed by atoms with Crippen LogP contribution in [-0.2, 0) is 19.5 Å². The van der Waals surface area contributed by atoms with Crippen molar-refractivity contribution in [3.8, 4) is 5.75 Å². The maximum absolute atomic E-state index is 10.0. The van der Waals surface area contributed by atoms with E-state index in [0.29, 0.717) is 13.1 Å². The quantitative estimate of drug-likeness (QED) is 0.190. The summed E-state index contributed by atoms with van der Waals surface area (Å²) in [6.45, 7) is 2.03. The summed E-state index contributed by atoms with van der Waals surface area (Å²) in [5.74, 6) is 0.102. The standard InChI is InChI=1S/C19H34N2O5/c1-2-3-4-5-6-7-17-14(10-20-18(25)12-22)8-16(24)9-15(17)11-21-19(26)13-23/h8-9,18-26H,2-7,10-13H2,1H3. The predicted octanol–water partition coefficient (Wildman–Crippen LogP) is 0.706. The van der Waals surface area contributed by atoms with Crippen molar-refractivity contribution >= 4 is 0 Å². The molecule has 0 aromatic heterocycles. The van der Waals surface area contributed by atoms with Crippen LogP contribution in [0.25, 0.3) is 0 Å². The highest BCUT2D eigenvalue weighted by Gasteiger charge is 2.13. The Morgan fingerprint density at radius 2 is 1.35 bits per heavy atom. The van der Waals surface area contributed by atoms with Crippen molar-refractivity contribution in [3.63, 3.8) is 0 Å². The monoisotopic (exact) mass is 370 g/mol. The van der Waals surface area contributed by atoms with Gasteiger partial charge in [-0.2, -0.15) is 0 Å². The molecule has 0 saturated carbocycles. The molecule has 0 aliphatic carbocycles. The molecule has 150 valence electrons. The van der Waals surface area contributed by atoms with Gasteiger partial charge in [-0.25, -0.2) is 0 Å². The van der Waals surface area contributed by atoms with Gasteiger partial charge in [0.05, 0.1) is 13.2 Å². The van der Waals surface area contributed by atoms with Gasteiger partial charge in [-0.3, -0.25) is 10.6 Å². The Bertz CT molecular complexity index is 478. The molecule has 7 N–H and O–H groups in total. The van der Waals surface area contributed by atoms with Crippen molar-refractivity contribution in [2.24, 2.45) is 0 Å². The molecule has 0 aliphatic rings. The van der Waals surface area contributed by atoms with Gasteiger partial charge in [0.2, 0.25) is 0 Å². The molecule has 0 spiro atoms. The van der Waals surface area contributed by atoms with E-state index in [2.05, 4.69) is 17.6 Å². The van der Waals surface area contributed by atoms with Crippen LogP contribution in [0.2, 0.25) is 0 Å². The Kier molecular flexibility index (Phi) is 11.4. The topological polar surface area (TPSA) is 125 Å². The van der Waals surface area contributed by atoms with E-state index >= 15 is 0 Å². The smallest absolute Gasteiger partial charge is 0.128 e. The first-order valence-electron chi connectivity index (χ1n) is 9.40. The van der Waals surface area contributed by atoms with Crippen LogP contribution < -0.4 is 10.6 Å². The average Bonchev–Trinajstić information content (AvgIpc) is 2.64. The van der Waals surface area contributed by atoms with Crippen molar-refractivity contribution in [2.75, 3.05) is 13.2 Å². The molecule has 7 heteroatoms. The number of phenols is 1. The Labute approximate surface area is 155 Å². The van der Waals surface area contributed by atoms with Gasteiger partial charge in [0.25, 0.3) is 0 Å². The summed E-state index contributed by atoms with van der Waals surface area (Å²) in [5, 5.41) is 52.6. The number of nitrogens with one attached hydrogen (secondary N) is 2. The van der Waals surface area contributed by atoms with Crippen LogP contribution in [0.1, 0.15) is 55.7 Å². The van der Waals surface area contributed by atoms with Gasteiger partial charge in [-0.1, -0.05) is 32.6 Å². The number of hydrogen-bond donors (Lipinski definition) is 7. The van der Waals surface area contributed by atoms with Crippen molar-refractivity contribution in [3.05, 3.63) is 28.8 Å². The third-order valence-corrected chi connectivity index (χ3v) is 4.35. The summed E-state index contributed by atoms with van der Waals surface area (Å²) in [5.41, 5.74) is 2.75. The molecule has 7 nitrogen and oxygen atoms in total. The highest BCUT2D eigenvalue weighted by atomic mass is 16.3. The van der Waals surface area contributed by atoms with Crippen LogP contribution in [0.15, 0.2) is 12.1 Å². The molecule has 2 atom stereocenters. The minimum atomic E-state index is -1.02. The minimum Gasteiger partial charge on any atom is -0.508 e. The third kappa shape index (κ3) is 8.44. The van der Waals surface area contributed by atoms with E-state index in [1.807, 2.05) is 0 Å². The fourth-order valence-electron chi connectivity index (χ4n) is 2.91. The zero-order valence-corrected chi connectivity index (χ0v) is 15.6.